The smallest absolute Gasteiger partial charge is 0.159 e. The van der Waals surface area contributed by atoms with Crippen LogP contribution in [0, 0.1) is 11.6 Å². The van der Waals surface area contributed by atoms with Crippen LogP contribution in [-0.4, -0.2) is 6.61 Å². The molecular formula is C14H13BrF2O. The normalized spacial score (nSPS) is 10.9. The van der Waals surface area contributed by atoms with Gasteiger partial charge in [-0.15, -0.1) is 0 Å². The van der Waals surface area contributed by atoms with Crippen molar-refractivity contribution in [1.82, 2.24) is 0 Å². The second kappa shape index (κ2) is 5.65. The van der Waals surface area contributed by atoms with E-state index in [1.165, 1.54) is 12.1 Å². The van der Waals surface area contributed by atoms with Crippen LogP contribution in [0.25, 0.3) is 10.8 Å². The van der Waals surface area contributed by atoms with Crippen LogP contribution >= 0.6 is 15.9 Å². The number of rotatable bonds is 4. The summed E-state index contributed by atoms with van der Waals surface area (Å²) in [5, 5.41) is 1.26. The van der Waals surface area contributed by atoms with Crippen LogP contribution < -0.4 is 4.74 Å². The van der Waals surface area contributed by atoms with Gasteiger partial charge in [0.15, 0.2) is 11.6 Å². The van der Waals surface area contributed by atoms with Gasteiger partial charge in [0.2, 0.25) is 0 Å². The van der Waals surface area contributed by atoms with Crippen molar-refractivity contribution in [3.63, 3.8) is 0 Å². The number of ether oxygens (including phenoxy) is 1. The van der Waals surface area contributed by atoms with Crippen molar-refractivity contribution >= 4 is 26.7 Å². The molecule has 0 bridgehead atoms. The molecule has 0 saturated heterocycles. The Balaban J connectivity index is 2.40. The summed E-state index contributed by atoms with van der Waals surface area (Å²) in [4.78, 5) is 0. The van der Waals surface area contributed by atoms with Crippen LogP contribution in [0.3, 0.4) is 0 Å². The maximum atomic E-state index is 13.2. The van der Waals surface area contributed by atoms with Crippen LogP contribution in [0.15, 0.2) is 28.7 Å². The van der Waals surface area contributed by atoms with Gasteiger partial charge in [-0.25, -0.2) is 8.78 Å². The Bertz CT molecular complexity index is 569. The standard InChI is InChI=1S/C14H13BrF2O/c1-2-3-6-18-13-5-4-9-7-11(16)12(17)8-10(9)14(13)15/h4-5,7-8H,2-3,6H2,1H3. The lowest BCUT2D eigenvalue weighted by molar-refractivity contribution is 0.308. The van der Waals surface area contributed by atoms with Crippen LogP contribution in [0.1, 0.15) is 19.8 Å². The van der Waals surface area contributed by atoms with Gasteiger partial charge in [-0.1, -0.05) is 19.4 Å². The molecule has 96 valence electrons. The second-order valence-electron chi connectivity index (χ2n) is 4.07. The average Bonchev–Trinajstić information content (AvgIpc) is 2.35. The zero-order valence-corrected chi connectivity index (χ0v) is 11.6. The average molecular weight is 315 g/mol. The fourth-order valence-corrected chi connectivity index (χ4v) is 2.29. The third-order valence-corrected chi connectivity index (χ3v) is 3.53. The van der Waals surface area contributed by atoms with Crippen molar-refractivity contribution in [1.29, 1.82) is 0 Å². The highest BCUT2D eigenvalue weighted by molar-refractivity contribution is 9.10. The molecule has 0 radical (unpaired) electrons. The Morgan fingerprint density at radius 2 is 1.89 bits per heavy atom. The number of hydrogen-bond donors (Lipinski definition) is 0. The molecule has 0 aliphatic rings. The molecule has 0 aliphatic carbocycles. The fraction of sp³-hybridized carbons (Fsp3) is 0.286. The van der Waals surface area contributed by atoms with E-state index in [1.54, 1.807) is 12.1 Å². The molecule has 2 aromatic carbocycles. The van der Waals surface area contributed by atoms with Crippen molar-refractivity contribution in [2.75, 3.05) is 6.61 Å². The summed E-state index contributed by atoms with van der Waals surface area (Å²) in [6, 6.07) is 5.86. The van der Waals surface area contributed by atoms with E-state index in [0.29, 0.717) is 27.6 Å². The predicted octanol–water partition coefficient (Wildman–Crippen LogP) is 5.06. The fourth-order valence-electron chi connectivity index (χ4n) is 1.70. The highest BCUT2D eigenvalue weighted by Crippen LogP contribution is 2.34. The molecule has 0 spiro atoms. The molecular weight excluding hydrogens is 302 g/mol. The first kappa shape index (κ1) is 13.3. The number of hydrogen-bond acceptors (Lipinski definition) is 1. The highest BCUT2D eigenvalue weighted by atomic mass is 79.9. The SMILES string of the molecule is CCCCOc1ccc2cc(F)c(F)cc2c1Br. The number of fused-ring (bicyclic) bond motifs is 1. The Morgan fingerprint density at radius 1 is 1.17 bits per heavy atom. The van der Waals surface area contributed by atoms with Crippen LogP contribution in [-0.2, 0) is 0 Å². The Morgan fingerprint density at radius 3 is 2.61 bits per heavy atom. The van der Waals surface area contributed by atoms with E-state index in [9.17, 15) is 8.78 Å². The van der Waals surface area contributed by atoms with Gasteiger partial charge in [0, 0.05) is 5.39 Å². The topological polar surface area (TPSA) is 9.23 Å². The summed E-state index contributed by atoms with van der Waals surface area (Å²) in [7, 11) is 0. The summed E-state index contributed by atoms with van der Waals surface area (Å²) >= 11 is 3.38. The van der Waals surface area contributed by atoms with Crippen molar-refractivity contribution < 1.29 is 13.5 Å². The lowest BCUT2D eigenvalue weighted by Crippen LogP contribution is -1.97. The first-order valence-corrected chi connectivity index (χ1v) is 6.63. The molecule has 0 amide bonds. The molecule has 2 aromatic rings. The minimum atomic E-state index is -0.853. The third kappa shape index (κ3) is 2.64. The molecule has 0 heterocycles. The van der Waals surface area contributed by atoms with Crippen molar-refractivity contribution in [2.45, 2.75) is 19.8 Å². The second-order valence-corrected chi connectivity index (χ2v) is 4.86. The summed E-state index contributed by atoms with van der Waals surface area (Å²) in [5.41, 5.74) is 0. The minimum Gasteiger partial charge on any atom is -0.492 e. The van der Waals surface area contributed by atoms with Crippen LogP contribution in [0.2, 0.25) is 0 Å². The first-order valence-electron chi connectivity index (χ1n) is 5.83. The highest BCUT2D eigenvalue weighted by Gasteiger charge is 2.10. The van der Waals surface area contributed by atoms with Gasteiger partial charge in [-0.3, -0.25) is 0 Å². The minimum absolute atomic E-state index is 0.614. The monoisotopic (exact) mass is 314 g/mol. The summed E-state index contributed by atoms with van der Waals surface area (Å²) in [5.74, 6) is -1.04. The van der Waals surface area contributed by atoms with E-state index in [2.05, 4.69) is 22.9 Å². The van der Waals surface area contributed by atoms with Crippen LogP contribution in [0.4, 0.5) is 8.78 Å². The molecule has 4 heteroatoms. The molecule has 0 fully saturated rings. The third-order valence-electron chi connectivity index (χ3n) is 2.71. The molecule has 0 N–H and O–H groups in total. The van der Waals surface area contributed by atoms with Gasteiger partial charge in [-0.2, -0.15) is 0 Å². The molecule has 0 saturated carbocycles. The quantitative estimate of drug-likeness (QED) is 0.717. The zero-order chi connectivity index (χ0) is 13.1. The number of unbranched alkanes of at least 4 members (excludes halogenated alkanes) is 1. The number of halogens is 3. The van der Waals surface area contributed by atoms with Gasteiger partial charge in [0.1, 0.15) is 5.75 Å². The summed E-state index contributed by atoms with van der Waals surface area (Å²) < 4.78 is 32.6. The Hall–Kier alpha value is -1.16. The first-order chi connectivity index (χ1) is 8.63. The van der Waals surface area contributed by atoms with E-state index in [4.69, 9.17) is 4.74 Å². The van der Waals surface area contributed by atoms with Gasteiger partial charge in [0.05, 0.1) is 11.1 Å². The maximum absolute atomic E-state index is 13.2. The Labute approximate surface area is 113 Å². The molecule has 0 aromatic heterocycles. The van der Waals surface area contributed by atoms with Gasteiger partial charge < -0.3 is 4.74 Å². The molecule has 0 unspecified atom stereocenters. The van der Waals surface area contributed by atoms with Crippen molar-refractivity contribution in [2.24, 2.45) is 0 Å². The van der Waals surface area contributed by atoms with Crippen molar-refractivity contribution in [3.05, 3.63) is 40.4 Å². The van der Waals surface area contributed by atoms with Crippen molar-refractivity contribution in [3.8, 4) is 5.75 Å². The van der Waals surface area contributed by atoms with E-state index in [1.807, 2.05) is 0 Å². The van der Waals surface area contributed by atoms with E-state index >= 15 is 0 Å². The largest absolute Gasteiger partial charge is 0.492 e. The van der Waals surface area contributed by atoms with E-state index in [0.717, 1.165) is 12.8 Å². The Kier molecular flexibility index (Phi) is 4.17. The molecule has 18 heavy (non-hydrogen) atoms. The molecule has 0 atom stereocenters. The lowest BCUT2D eigenvalue weighted by Gasteiger charge is -2.10. The van der Waals surface area contributed by atoms with E-state index < -0.39 is 11.6 Å². The van der Waals surface area contributed by atoms with Gasteiger partial charge in [-0.05, 0) is 45.9 Å². The number of benzene rings is 2. The molecule has 2 rings (SSSR count). The summed E-state index contributed by atoms with van der Waals surface area (Å²) in [6.07, 6.45) is 2.01. The summed E-state index contributed by atoms with van der Waals surface area (Å²) in [6.45, 7) is 2.70. The van der Waals surface area contributed by atoms with Gasteiger partial charge in [0.25, 0.3) is 0 Å². The van der Waals surface area contributed by atoms with E-state index in [-0.39, 0.29) is 0 Å². The molecule has 1 nitrogen and oxygen atoms in total. The zero-order valence-electron chi connectivity index (χ0n) is 9.97. The van der Waals surface area contributed by atoms with Crippen LogP contribution in [0.5, 0.6) is 5.75 Å². The predicted molar refractivity (Wildman–Crippen MR) is 72.0 cm³/mol. The lowest BCUT2D eigenvalue weighted by atomic mass is 10.1. The maximum Gasteiger partial charge on any atom is 0.159 e. The van der Waals surface area contributed by atoms with Gasteiger partial charge >= 0.3 is 0 Å². The molecule has 0 aliphatic heterocycles.